The Hall–Kier alpha value is -2.04. The molecule has 1 spiro atoms. The molecule has 0 atom stereocenters. The van der Waals surface area contributed by atoms with E-state index in [1.165, 1.54) is 5.56 Å². The highest BCUT2D eigenvalue weighted by atomic mass is 35.5. The number of ether oxygens (including phenoxy) is 1. The van der Waals surface area contributed by atoms with Gasteiger partial charge in [0.05, 0.1) is 11.5 Å². The minimum atomic E-state index is -0.425. The van der Waals surface area contributed by atoms with Crippen molar-refractivity contribution >= 4 is 23.2 Å². The fraction of sp³-hybridized carbons (Fsp3) is 0.409. The summed E-state index contributed by atoms with van der Waals surface area (Å²) in [5.41, 5.74) is 2.82. The van der Waals surface area contributed by atoms with E-state index >= 15 is 0 Å². The first kappa shape index (κ1) is 18.3. The molecule has 5 heteroatoms. The van der Waals surface area contributed by atoms with E-state index in [-0.39, 0.29) is 12.0 Å². The van der Waals surface area contributed by atoms with E-state index in [4.69, 9.17) is 16.3 Å². The van der Waals surface area contributed by atoms with Crippen LogP contribution in [0.1, 0.15) is 37.8 Å². The number of carbonyl (C=O) groups is 1. The summed E-state index contributed by atoms with van der Waals surface area (Å²) in [4.78, 5) is 15.1. The van der Waals surface area contributed by atoms with E-state index in [1.54, 1.807) is 0 Å². The van der Waals surface area contributed by atoms with Crippen LogP contribution in [0.5, 0.6) is 5.75 Å². The molecule has 27 heavy (non-hydrogen) atoms. The first-order valence-electron chi connectivity index (χ1n) is 9.56. The number of nitrogens with zero attached hydrogens (tertiary/aromatic N) is 1. The number of piperidine rings is 1. The molecule has 0 saturated carbocycles. The second-order valence-corrected chi connectivity index (χ2v) is 8.25. The maximum Gasteiger partial charge on any atom is 0.235 e. The number of hydrogen-bond acceptors (Lipinski definition) is 3. The van der Waals surface area contributed by atoms with Gasteiger partial charge in [-0.25, -0.2) is 0 Å². The zero-order valence-corrected chi connectivity index (χ0v) is 16.6. The van der Waals surface area contributed by atoms with E-state index in [1.807, 2.05) is 44.2 Å². The van der Waals surface area contributed by atoms with Gasteiger partial charge in [-0.1, -0.05) is 23.7 Å². The van der Waals surface area contributed by atoms with Crippen molar-refractivity contribution in [1.82, 2.24) is 4.90 Å². The Labute approximate surface area is 165 Å². The number of rotatable bonds is 4. The summed E-state index contributed by atoms with van der Waals surface area (Å²) in [5.74, 6) is 1.03. The standard InChI is InChI=1S/C22H25ClN2O2/c1-15(2)27-18-6-3-16(4-7-18)14-25-11-9-22(10-12-25)19-13-17(23)5-8-20(19)24-21(22)26/h3-8,13,15H,9-12,14H2,1-2H3,(H,24,26). The van der Waals surface area contributed by atoms with Crippen LogP contribution in [0, 0.1) is 0 Å². The average Bonchev–Trinajstić information content (AvgIpc) is 2.90. The van der Waals surface area contributed by atoms with Gasteiger partial charge in [-0.2, -0.15) is 0 Å². The van der Waals surface area contributed by atoms with Gasteiger partial charge in [0.1, 0.15) is 5.75 Å². The molecule has 0 unspecified atom stereocenters. The normalized spacial score (nSPS) is 18.6. The largest absolute Gasteiger partial charge is 0.491 e. The molecule has 0 radical (unpaired) electrons. The van der Waals surface area contributed by atoms with Crippen LogP contribution in [0.4, 0.5) is 5.69 Å². The lowest BCUT2D eigenvalue weighted by Gasteiger charge is -2.38. The first-order chi connectivity index (χ1) is 13.0. The van der Waals surface area contributed by atoms with Gasteiger partial charge in [-0.05, 0) is 81.2 Å². The van der Waals surface area contributed by atoms with E-state index in [9.17, 15) is 4.79 Å². The Bertz CT molecular complexity index is 840. The molecule has 1 amide bonds. The van der Waals surface area contributed by atoms with Crippen LogP contribution >= 0.6 is 11.6 Å². The molecule has 4 nitrogen and oxygen atoms in total. The quantitative estimate of drug-likeness (QED) is 0.836. The molecule has 2 aliphatic rings. The molecule has 2 aromatic rings. The zero-order chi connectivity index (χ0) is 19.0. The predicted molar refractivity (Wildman–Crippen MR) is 108 cm³/mol. The minimum Gasteiger partial charge on any atom is -0.491 e. The maximum atomic E-state index is 12.7. The molecule has 1 N–H and O–H groups in total. The third kappa shape index (κ3) is 3.56. The Balaban J connectivity index is 1.42. The Morgan fingerprint density at radius 2 is 1.85 bits per heavy atom. The van der Waals surface area contributed by atoms with Gasteiger partial charge in [0.15, 0.2) is 0 Å². The summed E-state index contributed by atoms with van der Waals surface area (Å²) in [6.45, 7) is 6.74. The molecule has 1 fully saturated rings. The maximum absolute atomic E-state index is 12.7. The fourth-order valence-corrected chi connectivity index (χ4v) is 4.35. The Morgan fingerprint density at radius 3 is 2.52 bits per heavy atom. The lowest BCUT2D eigenvalue weighted by atomic mass is 9.73. The summed E-state index contributed by atoms with van der Waals surface area (Å²) in [7, 11) is 0. The van der Waals surface area contributed by atoms with Gasteiger partial charge < -0.3 is 10.1 Å². The van der Waals surface area contributed by atoms with Crippen LogP contribution < -0.4 is 10.1 Å². The lowest BCUT2D eigenvalue weighted by molar-refractivity contribution is -0.122. The molecular formula is C22H25ClN2O2. The minimum absolute atomic E-state index is 0.120. The van der Waals surface area contributed by atoms with Crippen LogP contribution in [0.15, 0.2) is 42.5 Å². The number of likely N-dealkylation sites (tertiary alicyclic amines) is 1. The highest BCUT2D eigenvalue weighted by molar-refractivity contribution is 6.31. The SMILES string of the molecule is CC(C)Oc1ccc(CN2CCC3(CC2)C(=O)Nc2ccc(Cl)cc23)cc1. The van der Waals surface area contributed by atoms with Gasteiger partial charge in [0.25, 0.3) is 0 Å². The van der Waals surface area contributed by atoms with E-state index in [0.29, 0.717) is 5.02 Å². The van der Waals surface area contributed by atoms with Gasteiger partial charge in [0.2, 0.25) is 5.91 Å². The topological polar surface area (TPSA) is 41.6 Å². The third-order valence-electron chi connectivity index (χ3n) is 5.59. The van der Waals surface area contributed by atoms with Crippen LogP contribution in [0.3, 0.4) is 0 Å². The molecule has 2 aliphatic heterocycles. The predicted octanol–water partition coefficient (Wildman–Crippen LogP) is 4.61. The highest BCUT2D eigenvalue weighted by Gasteiger charge is 2.48. The Kier molecular flexibility index (Phi) is 4.87. The summed E-state index contributed by atoms with van der Waals surface area (Å²) in [6.07, 6.45) is 1.82. The van der Waals surface area contributed by atoms with Crippen LogP contribution in [-0.2, 0) is 16.8 Å². The zero-order valence-electron chi connectivity index (χ0n) is 15.8. The molecule has 0 aliphatic carbocycles. The molecule has 4 rings (SSSR count). The average molecular weight is 385 g/mol. The van der Waals surface area contributed by atoms with Crippen molar-refractivity contribution in [3.63, 3.8) is 0 Å². The number of amides is 1. The van der Waals surface area contributed by atoms with Crippen LogP contribution in [0.25, 0.3) is 0 Å². The second-order valence-electron chi connectivity index (χ2n) is 7.81. The van der Waals surface area contributed by atoms with Crippen molar-refractivity contribution in [3.8, 4) is 5.75 Å². The number of halogens is 1. The summed E-state index contributed by atoms with van der Waals surface area (Å²) < 4.78 is 5.71. The molecule has 2 heterocycles. The van der Waals surface area contributed by atoms with Gasteiger partial charge in [0, 0.05) is 17.3 Å². The molecular weight excluding hydrogens is 360 g/mol. The molecule has 0 bridgehead atoms. The van der Waals surface area contributed by atoms with Crippen molar-refractivity contribution in [3.05, 3.63) is 58.6 Å². The summed E-state index contributed by atoms with van der Waals surface area (Å²) in [5, 5.41) is 3.73. The van der Waals surface area contributed by atoms with Crippen molar-refractivity contribution in [2.75, 3.05) is 18.4 Å². The van der Waals surface area contributed by atoms with Crippen LogP contribution in [-0.4, -0.2) is 30.0 Å². The summed E-state index contributed by atoms with van der Waals surface area (Å²) in [6, 6.07) is 14.0. The number of carbonyl (C=O) groups excluding carboxylic acids is 1. The molecule has 1 saturated heterocycles. The van der Waals surface area contributed by atoms with Crippen molar-refractivity contribution in [2.45, 2.75) is 44.8 Å². The molecule has 142 valence electrons. The second kappa shape index (κ2) is 7.17. The smallest absolute Gasteiger partial charge is 0.235 e. The number of anilines is 1. The molecule has 2 aromatic carbocycles. The van der Waals surface area contributed by atoms with E-state index in [0.717, 1.165) is 49.5 Å². The van der Waals surface area contributed by atoms with Crippen molar-refractivity contribution in [1.29, 1.82) is 0 Å². The number of fused-ring (bicyclic) bond motifs is 2. The summed E-state index contributed by atoms with van der Waals surface area (Å²) >= 11 is 6.19. The van der Waals surface area contributed by atoms with Crippen LogP contribution in [0.2, 0.25) is 5.02 Å². The van der Waals surface area contributed by atoms with E-state index < -0.39 is 5.41 Å². The molecule has 0 aromatic heterocycles. The lowest BCUT2D eigenvalue weighted by Crippen LogP contribution is -2.46. The van der Waals surface area contributed by atoms with Gasteiger partial charge in [-0.3, -0.25) is 9.69 Å². The Morgan fingerprint density at radius 1 is 1.15 bits per heavy atom. The van der Waals surface area contributed by atoms with Gasteiger partial charge >= 0.3 is 0 Å². The van der Waals surface area contributed by atoms with Gasteiger partial charge in [-0.15, -0.1) is 0 Å². The third-order valence-corrected chi connectivity index (χ3v) is 5.83. The number of hydrogen-bond donors (Lipinski definition) is 1. The number of nitrogens with one attached hydrogen (secondary N) is 1. The highest BCUT2D eigenvalue weighted by Crippen LogP contribution is 2.45. The van der Waals surface area contributed by atoms with Crippen molar-refractivity contribution in [2.24, 2.45) is 0 Å². The first-order valence-corrected chi connectivity index (χ1v) is 9.93. The van der Waals surface area contributed by atoms with E-state index in [2.05, 4.69) is 22.3 Å². The number of benzene rings is 2. The monoisotopic (exact) mass is 384 g/mol. The van der Waals surface area contributed by atoms with Crippen molar-refractivity contribution < 1.29 is 9.53 Å². The fourth-order valence-electron chi connectivity index (χ4n) is 4.18.